The van der Waals surface area contributed by atoms with Crippen LogP contribution in [-0.2, 0) is 23.9 Å². The number of nitro benzene ring substituents is 2. The molecule has 0 radical (unpaired) electrons. The van der Waals surface area contributed by atoms with Gasteiger partial charge < -0.3 is 19.7 Å². The van der Waals surface area contributed by atoms with Crippen LogP contribution in [0.2, 0.25) is 0 Å². The minimum absolute atomic E-state index is 0.0159. The fourth-order valence-electron chi connectivity index (χ4n) is 2.93. The molecule has 0 aliphatic carbocycles. The van der Waals surface area contributed by atoms with E-state index in [0.717, 1.165) is 6.07 Å². The predicted octanol–water partition coefficient (Wildman–Crippen LogP) is 3.60. The molecule has 2 rings (SSSR count). The molecule has 0 aliphatic rings. The van der Waals surface area contributed by atoms with E-state index in [0.29, 0.717) is 17.8 Å². The standard InChI is InChI=1S/C21H19N7O9S/c1-12(29)23-15-6-13(26(9-20(30)36-2)10-21(31)37-3)4-5-14(15)24-25-16-7-19(38-11-22)18(28(34)35)8-17(16)27(32)33/h4-8H,9-10H2,1-3H3,(H,23,29). The van der Waals surface area contributed by atoms with Crippen molar-refractivity contribution in [3.8, 4) is 5.40 Å². The average molecular weight is 545 g/mol. The van der Waals surface area contributed by atoms with Gasteiger partial charge in [0.2, 0.25) is 5.91 Å². The van der Waals surface area contributed by atoms with Crippen molar-refractivity contribution >= 4 is 63.7 Å². The molecule has 0 bridgehead atoms. The lowest BCUT2D eigenvalue weighted by Crippen LogP contribution is -2.35. The quantitative estimate of drug-likeness (QED) is 0.107. The molecule has 0 saturated carbocycles. The number of azo groups is 1. The second-order valence-electron chi connectivity index (χ2n) is 7.11. The zero-order valence-electron chi connectivity index (χ0n) is 20.1. The van der Waals surface area contributed by atoms with E-state index < -0.39 is 39.1 Å². The third kappa shape index (κ3) is 7.69. The van der Waals surface area contributed by atoms with E-state index in [1.165, 1.54) is 44.2 Å². The van der Waals surface area contributed by atoms with E-state index >= 15 is 0 Å². The van der Waals surface area contributed by atoms with Gasteiger partial charge in [0, 0.05) is 12.6 Å². The molecule has 0 aromatic heterocycles. The van der Waals surface area contributed by atoms with Gasteiger partial charge >= 0.3 is 17.6 Å². The number of carbonyl (C=O) groups excluding carboxylic acids is 3. The van der Waals surface area contributed by atoms with Crippen molar-refractivity contribution in [1.82, 2.24) is 0 Å². The van der Waals surface area contributed by atoms with Crippen LogP contribution in [0.1, 0.15) is 6.92 Å². The molecule has 0 spiro atoms. The van der Waals surface area contributed by atoms with Crippen LogP contribution >= 0.6 is 11.8 Å². The zero-order chi connectivity index (χ0) is 28.4. The predicted molar refractivity (Wildman–Crippen MR) is 132 cm³/mol. The summed E-state index contributed by atoms with van der Waals surface area (Å²) in [7, 11) is 2.34. The Kier molecular flexibility index (Phi) is 10.2. The summed E-state index contributed by atoms with van der Waals surface area (Å²) < 4.78 is 9.30. The third-order valence-corrected chi connectivity index (χ3v) is 5.26. The monoisotopic (exact) mass is 545 g/mol. The maximum Gasteiger partial charge on any atom is 0.325 e. The van der Waals surface area contributed by atoms with Crippen LogP contribution in [-0.4, -0.2) is 55.0 Å². The minimum Gasteiger partial charge on any atom is -0.468 e. The third-order valence-electron chi connectivity index (χ3n) is 4.62. The number of thioether (sulfide) groups is 1. The molecule has 0 unspecified atom stereocenters. The number of nitrogens with one attached hydrogen (secondary N) is 1. The van der Waals surface area contributed by atoms with Gasteiger partial charge in [-0.2, -0.15) is 5.26 Å². The van der Waals surface area contributed by atoms with Crippen molar-refractivity contribution in [3.05, 3.63) is 50.6 Å². The Morgan fingerprint density at radius 2 is 1.58 bits per heavy atom. The highest BCUT2D eigenvalue weighted by Crippen LogP contribution is 2.40. The molecule has 38 heavy (non-hydrogen) atoms. The van der Waals surface area contributed by atoms with Gasteiger partial charge in [-0.25, -0.2) is 0 Å². The molecule has 198 valence electrons. The number of benzene rings is 2. The van der Waals surface area contributed by atoms with Gasteiger partial charge in [0.15, 0.2) is 5.69 Å². The van der Waals surface area contributed by atoms with E-state index in [1.54, 1.807) is 5.40 Å². The van der Waals surface area contributed by atoms with Crippen LogP contribution in [0.4, 0.5) is 34.1 Å². The van der Waals surface area contributed by atoms with E-state index in [4.69, 9.17) is 5.26 Å². The molecule has 2 aromatic carbocycles. The highest BCUT2D eigenvalue weighted by atomic mass is 32.2. The first-order chi connectivity index (χ1) is 18.0. The average Bonchev–Trinajstić information content (AvgIpc) is 2.86. The Bertz CT molecular complexity index is 1340. The van der Waals surface area contributed by atoms with Crippen molar-refractivity contribution in [1.29, 1.82) is 5.26 Å². The molecule has 0 aliphatic heterocycles. The second-order valence-corrected chi connectivity index (χ2v) is 7.93. The molecular formula is C21H19N7O9S. The summed E-state index contributed by atoms with van der Waals surface area (Å²) in [6, 6.07) is 5.82. The van der Waals surface area contributed by atoms with Gasteiger partial charge in [0.05, 0.1) is 35.8 Å². The number of amides is 1. The smallest absolute Gasteiger partial charge is 0.325 e. The van der Waals surface area contributed by atoms with Gasteiger partial charge in [-0.05, 0) is 36.0 Å². The van der Waals surface area contributed by atoms with Crippen LogP contribution in [0, 0.1) is 30.9 Å². The van der Waals surface area contributed by atoms with Crippen LogP contribution < -0.4 is 10.2 Å². The van der Waals surface area contributed by atoms with E-state index in [1.807, 2.05) is 0 Å². The van der Waals surface area contributed by atoms with Gasteiger partial charge in [0.1, 0.15) is 29.1 Å². The van der Waals surface area contributed by atoms with Crippen LogP contribution in [0.5, 0.6) is 0 Å². The molecule has 0 fully saturated rings. The number of carbonyl (C=O) groups is 3. The number of nitriles is 1. The largest absolute Gasteiger partial charge is 0.468 e. The van der Waals surface area contributed by atoms with Gasteiger partial charge in [-0.1, -0.05) is 0 Å². The number of hydrogen-bond donors (Lipinski definition) is 1. The summed E-state index contributed by atoms with van der Waals surface area (Å²) in [4.78, 5) is 57.6. The molecular weight excluding hydrogens is 526 g/mol. The lowest BCUT2D eigenvalue weighted by molar-refractivity contribution is -0.395. The maximum atomic E-state index is 11.8. The Morgan fingerprint density at radius 3 is 2.08 bits per heavy atom. The Balaban J connectivity index is 2.60. The van der Waals surface area contributed by atoms with Crippen molar-refractivity contribution < 1.29 is 33.7 Å². The Hall–Kier alpha value is -5.11. The lowest BCUT2D eigenvalue weighted by atomic mass is 10.2. The molecule has 0 atom stereocenters. The van der Waals surface area contributed by atoms with Crippen molar-refractivity contribution in [3.63, 3.8) is 0 Å². The summed E-state index contributed by atoms with van der Waals surface area (Å²) >= 11 is 0.418. The molecule has 0 saturated heterocycles. The Labute approximate surface area is 218 Å². The maximum absolute atomic E-state index is 11.8. The van der Waals surface area contributed by atoms with E-state index in [2.05, 4.69) is 25.0 Å². The first kappa shape index (κ1) is 29.1. The van der Waals surface area contributed by atoms with Crippen LogP contribution in [0.25, 0.3) is 0 Å². The van der Waals surface area contributed by atoms with E-state index in [-0.39, 0.29) is 40.7 Å². The number of esters is 2. The topological polar surface area (TPSA) is 220 Å². The number of methoxy groups -OCH3 is 2. The number of ether oxygens (including phenoxy) is 2. The van der Waals surface area contributed by atoms with Gasteiger partial charge in [-0.3, -0.25) is 34.6 Å². The van der Waals surface area contributed by atoms with Crippen molar-refractivity contribution in [2.24, 2.45) is 10.2 Å². The number of thiocyanates is 1. The first-order valence-electron chi connectivity index (χ1n) is 10.2. The lowest BCUT2D eigenvalue weighted by Gasteiger charge is -2.23. The highest BCUT2D eigenvalue weighted by molar-refractivity contribution is 8.03. The molecule has 17 heteroatoms. The van der Waals surface area contributed by atoms with Crippen LogP contribution in [0.3, 0.4) is 0 Å². The number of nitrogens with zero attached hydrogens (tertiary/aromatic N) is 6. The van der Waals surface area contributed by atoms with Gasteiger partial charge in [0.25, 0.3) is 5.69 Å². The van der Waals surface area contributed by atoms with Crippen LogP contribution in [0.15, 0.2) is 45.5 Å². The first-order valence-corrected chi connectivity index (χ1v) is 11.1. The Morgan fingerprint density at radius 1 is 1.00 bits per heavy atom. The molecule has 1 N–H and O–H groups in total. The summed E-state index contributed by atoms with van der Waals surface area (Å²) in [5, 5.41) is 43.7. The SMILES string of the molecule is COC(=O)CN(CC(=O)OC)c1ccc(N=Nc2cc(SC#N)c([N+](=O)[O-])cc2[N+](=O)[O-])c(NC(C)=O)c1. The van der Waals surface area contributed by atoms with Crippen molar-refractivity contribution in [2.45, 2.75) is 11.8 Å². The summed E-state index contributed by atoms with van der Waals surface area (Å²) in [5.41, 5.74) is -1.40. The fraction of sp³-hybridized carbons (Fsp3) is 0.238. The van der Waals surface area contributed by atoms with Crippen molar-refractivity contribution in [2.75, 3.05) is 37.5 Å². The fourth-order valence-corrected chi connectivity index (χ4v) is 3.44. The number of anilines is 2. The summed E-state index contributed by atoms with van der Waals surface area (Å²) in [5.74, 6) is -1.83. The molecule has 0 heterocycles. The van der Waals surface area contributed by atoms with E-state index in [9.17, 15) is 34.6 Å². The molecule has 2 aromatic rings. The summed E-state index contributed by atoms with van der Waals surface area (Å²) in [6.45, 7) is 0.543. The van der Waals surface area contributed by atoms with Gasteiger partial charge in [-0.15, -0.1) is 10.2 Å². The highest BCUT2D eigenvalue weighted by Gasteiger charge is 2.25. The number of rotatable bonds is 11. The molecule has 16 nitrogen and oxygen atoms in total. The normalized spacial score (nSPS) is 10.4. The number of hydrogen-bond acceptors (Lipinski definition) is 14. The summed E-state index contributed by atoms with van der Waals surface area (Å²) in [6.07, 6.45) is 0. The second kappa shape index (κ2) is 13.3. The number of nitro groups is 2. The molecule has 1 amide bonds. The minimum atomic E-state index is -0.891. The zero-order valence-corrected chi connectivity index (χ0v) is 20.9.